The molecule has 1 fully saturated rings. The van der Waals surface area contributed by atoms with Crippen molar-refractivity contribution >= 4 is 11.6 Å². The Balaban J connectivity index is 1.60. The number of anilines is 1. The van der Waals surface area contributed by atoms with Gasteiger partial charge in [-0.3, -0.25) is 9.69 Å². The standard InChI is InChI=1S/C19H28N6O2/c1-15-19(16(2)25(22-15)17-6-4-5-7-20-17)24-11-9-23(10-12-24)14-18(26)21-8-13-27-3/h4-7H,8-14H2,1-3H3,(H,21,26). The van der Waals surface area contributed by atoms with E-state index in [0.717, 1.165) is 43.4 Å². The van der Waals surface area contributed by atoms with Crippen LogP contribution in [0.1, 0.15) is 11.4 Å². The van der Waals surface area contributed by atoms with Crippen LogP contribution >= 0.6 is 0 Å². The Bertz CT molecular complexity index is 753. The fourth-order valence-electron chi connectivity index (χ4n) is 3.48. The van der Waals surface area contributed by atoms with E-state index in [9.17, 15) is 4.79 Å². The van der Waals surface area contributed by atoms with Crippen LogP contribution in [0.4, 0.5) is 5.69 Å². The van der Waals surface area contributed by atoms with Gasteiger partial charge in [-0.1, -0.05) is 6.07 Å². The minimum Gasteiger partial charge on any atom is -0.383 e. The highest BCUT2D eigenvalue weighted by atomic mass is 16.5. The molecule has 0 bridgehead atoms. The van der Waals surface area contributed by atoms with E-state index in [1.807, 2.05) is 29.8 Å². The summed E-state index contributed by atoms with van der Waals surface area (Å²) < 4.78 is 6.86. The van der Waals surface area contributed by atoms with Gasteiger partial charge in [0.15, 0.2) is 5.82 Å². The molecule has 1 aliphatic heterocycles. The molecule has 146 valence electrons. The van der Waals surface area contributed by atoms with E-state index in [-0.39, 0.29) is 5.91 Å². The Morgan fingerprint density at radius 1 is 1.22 bits per heavy atom. The van der Waals surface area contributed by atoms with Crippen molar-refractivity contribution in [1.29, 1.82) is 0 Å². The highest BCUT2D eigenvalue weighted by Crippen LogP contribution is 2.27. The Hall–Kier alpha value is -2.45. The van der Waals surface area contributed by atoms with Gasteiger partial charge in [0.25, 0.3) is 0 Å². The predicted octanol–water partition coefficient (Wildman–Crippen LogP) is 0.769. The Kier molecular flexibility index (Phi) is 6.41. The maximum Gasteiger partial charge on any atom is 0.234 e. The van der Waals surface area contributed by atoms with Gasteiger partial charge in [0.2, 0.25) is 5.91 Å². The molecule has 0 aliphatic carbocycles. The number of carbonyl (C=O) groups is 1. The molecule has 0 saturated carbocycles. The Morgan fingerprint density at radius 3 is 2.67 bits per heavy atom. The average Bonchev–Trinajstić information content (AvgIpc) is 2.98. The molecule has 1 amide bonds. The summed E-state index contributed by atoms with van der Waals surface area (Å²) in [4.78, 5) is 20.9. The lowest BCUT2D eigenvalue weighted by molar-refractivity contribution is -0.122. The summed E-state index contributed by atoms with van der Waals surface area (Å²) in [5, 5.41) is 7.56. The highest BCUT2D eigenvalue weighted by molar-refractivity contribution is 5.78. The maximum absolute atomic E-state index is 12.0. The lowest BCUT2D eigenvalue weighted by Gasteiger charge is -2.35. The molecular weight excluding hydrogens is 344 g/mol. The van der Waals surface area contributed by atoms with Crippen molar-refractivity contribution in [2.24, 2.45) is 0 Å². The van der Waals surface area contributed by atoms with Crippen molar-refractivity contribution in [3.63, 3.8) is 0 Å². The number of nitrogens with zero attached hydrogens (tertiary/aromatic N) is 5. The van der Waals surface area contributed by atoms with Gasteiger partial charge in [0.1, 0.15) is 0 Å². The van der Waals surface area contributed by atoms with Crippen LogP contribution in [0.2, 0.25) is 0 Å². The van der Waals surface area contributed by atoms with Gasteiger partial charge in [-0.15, -0.1) is 0 Å². The number of hydrogen-bond acceptors (Lipinski definition) is 6. The first kappa shape index (κ1) is 19.3. The molecule has 27 heavy (non-hydrogen) atoms. The van der Waals surface area contributed by atoms with Crippen LogP contribution in [0.15, 0.2) is 24.4 Å². The molecule has 1 aliphatic rings. The van der Waals surface area contributed by atoms with Gasteiger partial charge in [0, 0.05) is 46.0 Å². The molecule has 8 nitrogen and oxygen atoms in total. The summed E-state index contributed by atoms with van der Waals surface area (Å²) in [5.41, 5.74) is 3.27. The minimum atomic E-state index is 0.0517. The largest absolute Gasteiger partial charge is 0.383 e. The molecule has 0 atom stereocenters. The van der Waals surface area contributed by atoms with Crippen molar-refractivity contribution < 1.29 is 9.53 Å². The number of ether oxygens (including phenoxy) is 1. The molecule has 0 unspecified atom stereocenters. The van der Waals surface area contributed by atoms with Crippen molar-refractivity contribution in [2.45, 2.75) is 13.8 Å². The normalized spacial score (nSPS) is 15.1. The smallest absolute Gasteiger partial charge is 0.234 e. The molecule has 2 aromatic heterocycles. The number of piperazine rings is 1. The van der Waals surface area contributed by atoms with Gasteiger partial charge in [-0.05, 0) is 26.0 Å². The third kappa shape index (κ3) is 4.64. The lowest BCUT2D eigenvalue weighted by atomic mass is 10.2. The fourth-order valence-corrected chi connectivity index (χ4v) is 3.48. The molecule has 0 aromatic carbocycles. The molecular formula is C19H28N6O2. The lowest BCUT2D eigenvalue weighted by Crippen LogP contribution is -2.50. The van der Waals surface area contributed by atoms with E-state index in [4.69, 9.17) is 4.74 Å². The predicted molar refractivity (Wildman–Crippen MR) is 104 cm³/mol. The molecule has 1 saturated heterocycles. The maximum atomic E-state index is 12.0. The van der Waals surface area contributed by atoms with Crippen molar-refractivity contribution in [1.82, 2.24) is 25.0 Å². The number of rotatable bonds is 7. The van der Waals surface area contributed by atoms with Gasteiger partial charge in [-0.2, -0.15) is 5.10 Å². The molecule has 8 heteroatoms. The zero-order valence-electron chi connectivity index (χ0n) is 16.3. The van der Waals surface area contributed by atoms with Crippen LogP contribution in [-0.4, -0.2) is 78.6 Å². The second-order valence-electron chi connectivity index (χ2n) is 6.73. The van der Waals surface area contributed by atoms with Crippen LogP contribution in [0.25, 0.3) is 5.82 Å². The van der Waals surface area contributed by atoms with Gasteiger partial charge < -0.3 is 15.0 Å². The SMILES string of the molecule is COCCNC(=O)CN1CCN(c2c(C)nn(-c3ccccn3)c2C)CC1. The van der Waals surface area contributed by atoms with Crippen LogP contribution in [0, 0.1) is 13.8 Å². The number of aryl methyl sites for hydroxylation is 1. The van der Waals surface area contributed by atoms with E-state index in [1.54, 1.807) is 13.3 Å². The minimum absolute atomic E-state index is 0.0517. The van der Waals surface area contributed by atoms with Crippen LogP contribution in [0.3, 0.4) is 0 Å². The number of aromatic nitrogens is 3. The second kappa shape index (κ2) is 8.96. The number of nitrogens with one attached hydrogen (secondary N) is 1. The van der Waals surface area contributed by atoms with Crippen LogP contribution in [-0.2, 0) is 9.53 Å². The molecule has 0 spiro atoms. The molecule has 0 radical (unpaired) electrons. The zero-order chi connectivity index (χ0) is 19.2. The van der Waals surface area contributed by atoms with E-state index in [1.165, 1.54) is 5.69 Å². The fraction of sp³-hybridized carbons (Fsp3) is 0.526. The average molecular weight is 372 g/mol. The molecule has 3 heterocycles. The van der Waals surface area contributed by atoms with E-state index in [2.05, 4.69) is 32.1 Å². The van der Waals surface area contributed by atoms with Crippen LogP contribution in [0.5, 0.6) is 0 Å². The first-order chi connectivity index (χ1) is 13.1. The molecule has 3 rings (SSSR count). The number of pyridine rings is 1. The second-order valence-corrected chi connectivity index (χ2v) is 6.73. The summed E-state index contributed by atoms with van der Waals surface area (Å²) in [6, 6.07) is 5.83. The van der Waals surface area contributed by atoms with Crippen molar-refractivity contribution in [3.8, 4) is 5.82 Å². The summed E-state index contributed by atoms with van der Waals surface area (Å²) in [5.74, 6) is 0.881. The van der Waals surface area contributed by atoms with Gasteiger partial charge in [0.05, 0.1) is 30.2 Å². The summed E-state index contributed by atoms with van der Waals surface area (Å²) in [6.45, 7) is 9.11. The highest BCUT2D eigenvalue weighted by Gasteiger charge is 2.24. The monoisotopic (exact) mass is 372 g/mol. The first-order valence-corrected chi connectivity index (χ1v) is 9.30. The van der Waals surface area contributed by atoms with Crippen molar-refractivity contribution in [3.05, 3.63) is 35.8 Å². The molecule has 2 aromatic rings. The van der Waals surface area contributed by atoms with Crippen molar-refractivity contribution in [2.75, 3.05) is 57.9 Å². The Labute approximate surface area is 160 Å². The zero-order valence-corrected chi connectivity index (χ0v) is 16.3. The third-order valence-corrected chi connectivity index (χ3v) is 4.80. The summed E-state index contributed by atoms with van der Waals surface area (Å²) >= 11 is 0. The Morgan fingerprint density at radius 2 is 2.00 bits per heavy atom. The first-order valence-electron chi connectivity index (χ1n) is 9.30. The van der Waals surface area contributed by atoms with Crippen LogP contribution < -0.4 is 10.2 Å². The van der Waals surface area contributed by atoms with Gasteiger partial charge in [-0.25, -0.2) is 9.67 Å². The number of hydrogen-bond donors (Lipinski definition) is 1. The van der Waals surface area contributed by atoms with E-state index < -0.39 is 0 Å². The number of amides is 1. The molecule has 1 N–H and O–H groups in total. The quantitative estimate of drug-likeness (QED) is 0.724. The summed E-state index contributed by atoms with van der Waals surface area (Å²) in [7, 11) is 1.63. The van der Waals surface area contributed by atoms with Gasteiger partial charge >= 0.3 is 0 Å². The third-order valence-electron chi connectivity index (χ3n) is 4.80. The number of carbonyl (C=O) groups excluding carboxylic acids is 1. The summed E-state index contributed by atoms with van der Waals surface area (Å²) in [6.07, 6.45) is 1.78. The van der Waals surface area contributed by atoms with E-state index in [0.29, 0.717) is 19.7 Å². The van der Waals surface area contributed by atoms with E-state index >= 15 is 0 Å². The topological polar surface area (TPSA) is 75.5 Å². The number of methoxy groups -OCH3 is 1.